The van der Waals surface area contributed by atoms with Crippen molar-refractivity contribution >= 4 is 54.7 Å². The van der Waals surface area contributed by atoms with Crippen LogP contribution in [0, 0.1) is 18.2 Å². The van der Waals surface area contributed by atoms with Crippen LogP contribution < -0.4 is 0 Å². The number of hydrogen-bond acceptors (Lipinski definition) is 8. The van der Waals surface area contributed by atoms with Crippen LogP contribution in [-0.2, 0) is 69.9 Å². The van der Waals surface area contributed by atoms with E-state index in [9.17, 15) is 9.59 Å². The Labute approximate surface area is 419 Å². The summed E-state index contributed by atoms with van der Waals surface area (Å²) in [6, 6.07) is 62.4. The molecule has 3 radical (unpaired) electrons. The summed E-state index contributed by atoms with van der Waals surface area (Å²) in [4.78, 5) is 34.5. The summed E-state index contributed by atoms with van der Waals surface area (Å²) in [7, 11) is 0. The molecule has 64 heavy (non-hydrogen) atoms. The van der Waals surface area contributed by atoms with Gasteiger partial charge >= 0.3 is 0 Å². The zero-order valence-corrected chi connectivity index (χ0v) is 43.3. The van der Waals surface area contributed by atoms with Crippen molar-refractivity contribution in [3.63, 3.8) is 0 Å². The molecule has 331 valence electrons. The van der Waals surface area contributed by atoms with Crippen LogP contribution in [-0.4, -0.2) is 36.7 Å². The summed E-state index contributed by atoms with van der Waals surface area (Å²) < 4.78 is 1.26. The summed E-state index contributed by atoms with van der Waals surface area (Å²) >= 11 is 1.73. The fraction of sp³-hybridized carbons (Fsp3) is 0.0755. The van der Waals surface area contributed by atoms with Gasteiger partial charge in [0, 0.05) is 90.6 Å². The zero-order chi connectivity index (χ0) is 43.4. The fourth-order valence-corrected chi connectivity index (χ4v) is 6.74. The number of carbonyl (C=O) groups excluding carboxylic acids is 2. The number of fused-ring (bicyclic) bond motifs is 3. The van der Waals surface area contributed by atoms with Gasteiger partial charge in [-0.3, -0.25) is 14.6 Å². The number of pyridine rings is 3. The molecule has 0 amide bonds. The van der Waals surface area contributed by atoms with Crippen LogP contribution in [0.15, 0.2) is 194 Å². The number of rotatable bonds is 5. The van der Waals surface area contributed by atoms with E-state index in [1.807, 2.05) is 128 Å². The molecular weight excluding hydrogens is 1350 g/mol. The SMILES string of the molecule is CC(=O)C=C(C)O.CC(=O)C=C(C)O.[Ir].[Ir].[Ir].[c-]1c(-c2ccccn2)sc2ccccc12.[c-]1ccccc1-c1ccc2ccccc2n1.[c-]1ccccc1-c1nccc2ccccc12. The summed E-state index contributed by atoms with van der Waals surface area (Å²) in [5.74, 6) is -0.125. The third kappa shape index (κ3) is 17.9. The van der Waals surface area contributed by atoms with Crippen molar-refractivity contribution in [2.45, 2.75) is 27.7 Å². The number of aromatic nitrogens is 3. The number of benzene rings is 5. The molecule has 4 aromatic heterocycles. The monoisotopic (exact) mass is 1400 g/mol. The Kier molecular flexibility index (Phi) is 24.7. The Balaban J connectivity index is 0.000000283. The Bertz CT molecular complexity index is 2790. The number of carbonyl (C=O) groups is 2. The zero-order valence-electron chi connectivity index (χ0n) is 35.3. The Morgan fingerprint density at radius 2 is 1.12 bits per heavy atom. The van der Waals surface area contributed by atoms with E-state index in [2.05, 4.69) is 75.6 Å². The van der Waals surface area contributed by atoms with Crippen molar-refractivity contribution in [1.29, 1.82) is 0 Å². The first-order valence-electron chi connectivity index (χ1n) is 19.3. The molecule has 0 bridgehead atoms. The van der Waals surface area contributed by atoms with Crippen molar-refractivity contribution in [3.8, 4) is 33.1 Å². The average Bonchev–Trinajstić information content (AvgIpc) is 3.72. The van der Waals surface area contributed by atoms with Crippen molar-refractivity contribution < 1.29 is 80.1 Å². The van der Waals surface area contributed by atoms with E-state index in [1.54, 1.807) is 11.3 Å². The maximum absolute atomic E-state index is 10.0. The third-order valence-electron chi connectivity index (χ3n) is 8.29. The maximum atomic E-state index is 10.0. The normalized spacial score (nSPS) is 10.2. The predicted octanol–water partition coefficient (Wildman–Crippen LogP) is 13.2. The number of aliphatic hydroxyl groups excluding tert-OH is 2. The van der Waals surface area contributed by atoms with Gasteiger partial charge in [0.15, 0.2) is 11.6 Å². The van der Waals surface area contributed by atoms with Crippen LogP contribution in [0.3, 0.4) is 0 Å². The second kappa shape index (κ2) is 29.0. The van der Waals surface area contributed by atoms with Crippen molar-refractivity contribution in [3.05, 3.63) is 212 Å². The van der Waals surface area contributed by atoms with E-state index in [1.165, 1.54) is 66.1 Å². The minimum absolute atomic E-state index is 0. The average molecular weight is 1400 g/mol. The first-order valence-corrected chi connectivity index (χ1v) is 20.1. The Hall–Kier alpha value is -5.60. The van der Waals surface area contributed by atoms with Gasteiger partial charge in [0.2, 0.25) is 0 Å². The first kappa shape index (κ1) is 54.5. The number of para-hydroxylation sites is 1. The molecule has 0 unspecified atom stereocenters. The number of hydrogen-bond donors (Lipinski definition) is 2. The molecule has 0 fully saturated rings. The predicted molar refractivity (Wildman–Crippen MR) is 250 cm³/mol. The topological polar surface area (TPSA) is 113 Å². The first-order chi connectivity index (χ1) is 29.6. The molecule has 4 heterocycles. The van der Waals surface area contributed by atoms with Crippen LogP contribution in [0.2, 0.25) is 0 Å². The minimum atomic E-state index is -0.125. The van der Waals surface area contributed by atoms with Crippen molar-refractivity contribution in [1.82, 2.24) is 15.0 Å². The molecule has 9 rings (SSSR count). The number of thiophene rings is 1. The molecular formula is C53H44Ir3N3O4S-3. The number of allylic oxidation sites excluding steroid dienone is 4. The van der Waals surface area contributed by atoms with Gasteiger partial charge in [-0.15, -0.1) is 95.4 Å². The molecule has 0 aliphatic heterocycles. The maximum Gasteiger partial charge on any atom is 0.155 e. The largest absolute Gasteiger partial charge is 0.512 e. The summed E-state index contributed by atoms with van der Waals surface area (Å²) in [5, 5.41) is 21.5. The van der Waals surface area contributed by atoms with Crippen LogP contribution >= 0.6 is 11.3 Å². The van der Waals surface area contributed by atoms with Crippen LogP contribution in [0.4, 0.5) is 0 Å². The van der Waals surface area contributed by atoms with Gasteiger partial charge in [0.1, 0.15) is 0 Å². The molecule has 11 heteroatoms. The second-order valence-electron chi connectivity index (χ2n) is 13.4. The van der Waals surface area contributed by atoms with Crippen LogP contribution in [0.1, 0.15) is 27.7 Å². The number of nitrogens with zero attached hydrogens (tertiary/aromatic N) is 3. The second-order valence-corrected chi connectivity index (χ2v) is 14.4. The molecule has 0 atom stereocenters. The van der Waals surface area contributed by atoms with Gasteiger partial charge in [-0.05, 0) is 83.0 Å². The van der Waals surface area contributed by atoms with Gasteiger partial charge in [-0.2, -0.15) is 0 Å². The summed E-state index contributed by atoms with van der Waals surface area (Å²) in [5.41, 5.74) is 6.07. The molecule has 0 aliphatic rings. The van der Waals surface area contributed by atoms with Crippen LogP contribution in [0.5, 0.6) is 0 Å². The van der Waals surface area contributed by atoms with E-state index < -0.39 is 0 Å². The van der Waals surface area contributed by atoms with E-state index in [0.717, 1.165) is 38.6 Å². The van der Waals surface area contributed by atoms with Gasteiger partial charge < -0.3 is 20.2 Å². The number of aliphatic hydroxyl groups is 2. The standard InChI is InChI=1S/2C15H10N.C13H8NS.2C5H8O2.3Ir/c1-2-7-13(8-3-1)15-14-9-5-4-6-12(14)10-11-16-15;1-2-6-12(7-3-1)15-11-10-13-8-4-5-9-14(13)16-15;1-2-7-12-10(5-1)9-13(15-12)11-6-3-4-8-14-11;2*1-4(6)3-5(2)7;;;/h1-7,9-11H;1-6,8-11H;1-8H;2*3,6H,1-2H3;;;/q3*-1;;;;;. The van der Waals surface area contributed by atoms with Crippen molar-refractivity contribution in [2.24, 2.45) is 0 Å². The Morgan fingerprint density at radius 3 is 1.70 bits per heavy atom. The minimum Gasteiger partial charge on any atom is -0.512 e. The van der Waals surface area contributed by atoms with E-state index in [4.69, 9.17) is 10.2 Å². The summed E-state index contributed by atoms with van der Waals surface area (Å²) in [6.45, 7) is 5.70. The van der Waals surface area contributed by atoms with Gasteiger partial charge in [-0.1, -0.05) is 78.9 Å². The fourth-order valence-electron chi connectivity index (χ4n) is 5.76. The number of ketones is 2. The quantitative estimate of drug-likeness (QED) is 0.100. The van der Waals surface area contributed by atoms with E-state index in [0.29, 0.717) is 0 Å². The van der Waals surface area contributed by atoms with Crippen LogP contribution in [0.25, 0.3) is 64.8 Å². The molecule has 5 aromatic carbocycles. The van der Waals surface area contributed by atoms with Gasteiger partial charge in [0.25, 0.3) is 0 Å². The molecule has 9 aromatic rings. The third-order valence-corrected chi connectivity index (χ3v) is 9.38. The molecule has 7 nitrogen and oxygen atoms in total. The molecule has 0 spiro atoms. The van der Waals surface area contributed by atoms with Crippen molar-refractivity contribution in [2.75, 3.05) is 0 Å². The van der Waals surface area contributed by atoms with Gasteiger partial charge in [0.05, 0.1) is 17.0 Å². The summed E-state index contributed by atoms with van der Waals surface area (Å²) in [6.07, 6.45) is 5.99. The van der Waals surface area contributed by atoms with Gasteiger partial charge in [-0.25, -0.2) is 11.3 Å². The van der Waals surface area contributed by atoms with E-state index >= 15 is 0 Å². The smallest absolute Gasteiger partial charge is 0.155 e. The van der Waals surface area contributed by atoms with E-state index in [-0.39, 0.29) is 83.4 Å². The Morgan fingerprint density at radius 1 is 0.547 bits per heavy atom. The molecule has 0 saturated carbocycles. The molecule has 0 saturated heterocycles. The molecule has 2 N–H and O–H groups in total. The molecule has 0 aliphatic carbocycles.